The molecule has 0 N–H and O–H groups in total. The lowest BCUT2D eigenvalue weighted by molar-refractivity contribution is 0.0601. The summed E-state index contributed by atoms with van der Waals surface area (Å²) in [6.07, 6.45) is 0.790. The summed E-state index contributed by atoms with van der Waals surface area (Å²) in [5, 5.41) is 2.53. The van der Waals surface area contributed by atoms with Crippen LogP contribution >= 0.6 is 22.9 Å². The van der Waals surface area contributed by atoms with Crippen molar-refractivity contribution in [2.75, 3.05) is 14.2 Å². The Morgan fingerprint density at radius 2 is 1.85 bits per heavy atom. The third-order valence-electron chi connectivity index (χ3n) is 5.84. The predicted octanol–water partition coefficient (Wildman–Crippen LogP) is 6.90. The number of thiophene rings is 1. The SMILES string of the molecule is COC(=O)c1cc2c(cc1-c1cc(OC)c(-c3cccs3)cc1C=O)COc1ccc(Cl)cc1-2. The molecule has 3 aromatic carbocycles. The molecule has 1 aromatic heterocycles. The summed E-state index contributed by atoms with van der Waals surface area (Å²) >= 11 is 7.78. The van der Waals surface area contributed by atoms with Crippen molar-refractivity contribution in [1.29, 1.82) is 0 Å². The van der Waals surface area contributed by atoms with Gasteiger partial charge in [-0.3, -0.25) is 4.79 Å². The van der Waals surface area contributed by atoms with Gasteiger partial charge in [0, 0.05) is 26.6 Å². The Morgan fingerprint density at radius 3 is 2.56 bits per heavy atom. The van der Waals surface area contributed by atoms with Crippen LogP contribution in [-0.2, 0) is 11.3 Å². The largest absolute Gasteiger partial charge is 0.496 e. The first-order valence-corrected chi connectivity index (χ1v) is 11.7. The quantitative estimate of drug-likeness (QED) is 0.225. The minimum Gasteiger partial charge on any atom is -0.496 e. The van der Waals surface area contributed by atoms with Gasteiger partial charge in [0.15, 0.2) is 6.29 Å². The summed E-state index contributed by atoms with van der Waals surface area (Å²) in [4.78, 5) is 26.0. The van der Waals surface area contributed by atoms with Crippen molar-refractivity contribution in [2.45, 2.75) is 6.61 Å². The van der Waals surface area contributed by atoms with E-state index in [1.807, 2.05) is 35.7 Å². The lowest BCUT2D eigenvalue weighted by Crippen LogP contribution is -2.11. The normalized spacial score (nSPS) is 11.7. The molecule has 170 valence electrons. The summed E-state index contributed by atoms with van der Waals surface area (Å²) in [6, 6.07) is 16.5. The second-order valence-electron chi connectivity index (χ2n) is 7.71. The fourth-order valence-corrected chi connectivity index (χ4v) is 5.15. The van der Waals surface area contributed by atoms with Gasteiger partial charge in [0.1, 0.15) is 18.1 Å². The number of fused-ring (bicyclic) bond motifs is 3. The van der Waals surface area contributed by atoms with Gasteiger partial charge in [0.25, 0.3) is 0 Å². The summed E-state index contributed by atoms with van der Waals surface area (Å²) in [5.41, 5.74) is 5.24. The standard InChI is InChI=1S/C27H19ClO5S/c1-31-25-12-19(15(13-29)8-23(25)26-4-3-7-34-26)20-9-16-14-33-24-6-5-17(28)10-21(24)18(16)11-22(20)27(30)32-2/h3-13H,14H2,1-2H3. The minimum absolute atomic E-state index is 0.319. The molecule has 0 saturated heterocycles. The summed E-state index contributed by atoms with van der Waals surface area (Å²) < 4.78 is 16.7. The molecule has 1 aliphatic heterocycles. The molecule has 0 fully saturated rings. The molecule has 0 spiro atoms. The number of benzene rings is 3. The van der Waals surface area contributed by atoms with E-state index in [1.54, 1.807) is 42.7 Å². The highest BCUT2D eigenvalue weighted by Gasteiger charge is 2.25. The van der Waals surface area contributed by atoms with Crippen LogP contribution in [0.5, 0.6) is 11.5 Å². The number of aldehydes is 1. The van der Waals surface area contributed by atoms with Crippen LogP contribution in [0.3, 0.4) is 0 Å². The minimum atomic E-state index is -0.508. The molecule has 0 saturated carbocycles. The van der Waals surface area contributed by atoms with Gasteiger partial charge in [-0.05, 0) is 76.2 Å². The third-order valence-corrected chi connectivity index (χ3v) is 6.98. The second-order valence-corrected chi connectivity index (χ2v) is 9.09. The number of carbonyl (C=O) groups excluding carboxylic acids is 2. The second kappa shape index (κ2) is 8.97. The van der Waals surface area contributed by atoms with Crippen molar-refractivity contribution in [3.63, 3.8) is 0 Å². The van der Waals surface area contributed by atoms with Gasteiger partial charge in [-0.25, -0.2) is 4.79 Å². The maximum atomic E-state index is 12.9. The molecule has 0 aliphatic carbocycles. The van der Waals surface area contributed by atoms with E-state index in [0.29, 0.717) is 45.4 Å². The number of methoxy groups -OCH3 is 2. The van der Waals surface area contributed by atoms with Gasteiger partial charge in [0.2, 0.25) is 0 Å². The van der Waals surface area contributed by atoms with Gasteiger partial charge in [-0.15, -0.1) is 11.3 Å². The average Bonchev–Trinajstić information content (AvgIpc) is 3.41. The Morgan fingerprint density at radius 1 is 1.00 bits per heavy atom. The zero-order valence-electron chi connectivity index (χ0n) is 18.4. The van der Waals surface area contributed by atoms with Crippen molar-refractivity contribution in [1.82, 2.24) is 0 Å². The first kappa shape index (κ1) is 22.2. The zero-order chi connectivity index (χ0) is 23.8. The van der Waals surface area contributed by atoms with Gasteiger partial charge in [-0.1, -0.05) is 17.7 Å². The maximum Gasteiger partial charge on any atom is 0.338 e. The van der Waals surface area contributed by atoms with E-state index in [4.69, 9.17) is 25.8 Å². The fraction of sp³-hybridized carbons (Fsp3) is 0.111. The molecule has 0 bridgehead atoms. The Bertz CT molecular complexity index is 1430. The van der Waals surface area contributed by atoms with Gasteiger partial charge < -0.3 is 14.2 Å². The smallest absolute Gasteiger partial charge is 0.338 e. The Labute approximate surface area is 205 Å². The molecule has 0 unspecified atom stereocenters. The molecule has 0 radical (unpaired) electrons. The van der Waals surface area contributed by atoms with Crippen LogP contribution < -0.4 is 9.47 Å². The van der Waals surface area contributed by atoms with Crippen LogP contribution in [-0.4, -0.2) is 26.5 Å². The summed E-state index contributed by atoms with van der Waals surface area (Å²) in [6.45, 7) is 0.319. The van der Waals surface area contributed by atoms with Crippen molar-refractivity contribution in [3.05, 3.63) is 81.7 Å². The summed E-state index contributed by atoms with van der Waals surface area (Å²) in [7, 11) is 2.92. The molecule has 34 heavy (non-hydrogen) atoms. The highest BCUT2D eigenvalue weighted by atomic mass is 35.5. The number of ether oxygens (including phenoxy) is 3. The number of esters is 1. The van der Waals surface area contributed by atoms with Crippen LogP contribution in [0.2, 0.25) is 5.02 Å². The highest BCUT2D eigenvalue weighted by molar-refractivity contribution is 7.13. The van der Waals surface area contributed by atoms with Crippen LogP contribution in [0.1, 0.15) is 26.3 Å². The van der Waals surface area contributed by atoms with Crippen molar-refractivity contribution in [2.24, 2.45) is 0 Å². The van der Waals surface area contributed by atoms with E-state index in [2.05, 4.69) is 0 Å². The highest BCUT2D eigenvalue weighted by Crippen LogP contribution is 2.44. The van der Waals surface area contributed by atoms with Crippen molar-refractivity contribution in [3.8, 4) is 44.2 Å². The molecular weight excluding hydrogens is 472 g/mol. The number of carbonyl (C=O) groups is 2. The number of halogens is 1. The van der Waals surface area contributed by atoms with Crippen molar-refractivity contribution < 1.29 is 23.8 Å². The predicted molar refractivity (Wildman–Crippen MR) is 133 cm³/mol. The number of hydrogen-bond acceptors (Lipinski definition) is 6. The number of rotatable bonds is 5. The molecule has 2 heterocycles. The molecule has 0 amide bonds. The molecular formula is C27H19ClO5S. The zero-order valence-corrected chi connectivity index (χ0v) is 20.0. The Kier molecular flexibility index (Phi) is 5.86. The molecule has 5 nitrogen and oxygen atoms in total. The van der Waals surface area contributed by atoms with Crippen LogP contribution in [0.4, 0.5) is 0 Å². The molecule has 4 aromatic rings. The van der Waals surface area contributed by atoms with E-state index in [1.165, 1.54) is 7.11 Å². The first-order chi connectivity index (χ1) is 16.5. The lowest BCUT2D eigenvalue weighted by atomic mass is 9.87. The van der Waals surface area contributed by atoms with Crippen LogP contribution in [0.25, 0.3) is 32.7 Å². The average molecular weight is 491 g/mol. The van der Waals surface area contributed by atoms with E-state index in [-0.39, 0.29) is 0 Å². The molecule has 0 atom stereocenters. The molecule has 7 heteroatoms. The van der Waals surface area contributed by atoms with Crippen LogP contribution in [0.15, 0.2) is 60.0 Å². The van der Waals surface area contributed by atoms with E-state index in [0.717, 1.165) is 33.4 Å². The Balaban J connectivity index is 1.76. The Hall–Kier alpha value is -3.61. The maximum absolute atomic E-state index is 12.9. The van der Waals surface area contributed by atoms with Crippen LogP contribution in [0, 0.1) is 0 Å². The third kappa shape index (κ3) is 3.75. The number of hydrogen-bond donors (Lipinski definition) is 0. The lowest BCUT2D eigenvalue weighted by Gasteiger charge is -2.24. The molecule has 5 rings (SSSR count). The fourth-order valence-electron chi connectivity index (χ4n) is 4.23. The van der Waals surface area contributed by atoms with Crippen molar-refractivity contribution >= 4 is 35.2 Å². The topological polar surface area (TPSA) is 61.8 Å². The van der Waals surface area contributed by atoms with E-state index >= 15 is 0 Å². The molecule has 1 aliphatic rings. The van der Waals surface area contributed by atoms with Gasteiger partial charge in [0.05, 0.1) is 19.8 Å². The monoisotopic (exact) mass is 490 g/mol. The van der Waals surface area contributed by atoms with Gasteiger partial charge in [-0.2, -0.15) is 0 Å². The van der Waals surface area contributed by atoms with E-state index in [9.17, 15) is 9.59 Å². The summed E-state index contributed by atoms with van der Waals surface area (Å²) in [5.74, 6) is 0.784. The first-order valence-electron chi connectivity index (χ1n) is 10.4. The van der Waals surface area contributed by atoms with E-state index < -0.39 is 5.97 Å². The van der Waals surface area contributed by atoms with Gasteiger partial charge >= 0.3 is 5.97 Å².